The van der Waals surface area contributed by atoms with E-state index in [-0.39, 0.29) is 12.6 Å². The number of aromatic nitrogens is 2. The first-order valence-electron chi connectivity index (χ1n) is 4.70. The molecule has 0 saturated heterocycles. The third-order valence-electron chi connectivity index (χ3n) is 2.58. The maximum absolute atomic E-state index is 11.6. The first-order chi connectivity index (χ1) is 7.27. The van der Waals surface area contributed by atoms with Crippen molar-refractivity contribution in [2.24, 2.45) is 0 Å². The van der Waals surface area contributed by atoms with Crippen LogP contribution in [0.15, 0.2) is 24.4 Å². The number of carbonyl (C=O) groups is 1. The van der Waals surface area contributed by atoms with E-state index in [1.807, 2.05) is 6.07 Å². The number of hydrogen-bond donors (Lipinski definition) is 2. The van der Waals surface area contributed by atoms with Gasteiger partial charge >= 0.3 is 6.03 Å². The van der Waals surface area contributed by atoms with Gasteiger partial charge < -0.3 is 10.4 Å². The molecule has 0 radical (unpaired) electrons. The van der Waals surface area contributed by atoms with Gasteiger partial charge in [-0.15, -0.1) is 0 Å². The number of carbonyl (C=O) groups excluding carboxylic acids is 1. The molecule has 15 heavy (non-hydrogen) atoms. The third kappa shape index (κ3) is 1.07. The van der Waals surface area contributed by atoms with Crippen LogP contribution < -0.4 is 5.32 Å². The van der Waals surface area contributed by atoms with Crippen molar-refractivity contribution in [3.63, 3.8) is 0 Å². The Bertz CT molecular complexity index is 547. The zero-order chi connectivity index (χ0) is 10.4. The second kappa shape index (κ2) is 2.80. The zero-order valence-corrected chi connectivity index (χ0v) is 7.84. The molecule has 1 atom stereocenters. The van der Waals surface area contributed by atoms with Crippen LogP contribution in [0.3, 0.4) is 0 Å². The van der Waals surface area contributed by atoms with E-state index >= 15 is 0 Å². The number of hydrogen-bond acceptors (Lipinski definition) is 3. The SMILES string of the molecule is O=C1NCC(O)c2cc3cccnc3n21. The van der Waals surface area contributed by atoms with E-state index in [1.54, 1.807) is 18.3 Å². The van der Waals surface area contributed by atoms with Crippen molar-refractivity contribution in [2.45, 2.75) is 6.10 Å². The Kier molecular flexibility index (Phi) is 1.58. The zero-order valence-electron chi connectivity index (χ0n) is 7.84. The van der Waals surface area contributed by atoms with Gasteiger partial charge in [-0.25, -0.2) is 14.3 Å². The van der Waals surface area contributed by atoms with Gasteiger partial charge in [0.25, 0.3) is 0 Å². The molecule has 1 aliphatic heterocycles. The molecule has 2 aromatic rings. The van der Waals surface area contributed by atoms with Gasteiger partial charge in [0.15, 0.2) is 0 Å². The van der Waals surface area contributed by atoms with E-state index < -0.39 is 6.10 Å². The maximum Gasteiger partial charge on any atom is 0.327 e. The van der Waals surface area contributed by atoms with Crippen molar-refractivity contribution < 1.29 is 9.90 Å². The predicted octanol–water partition coefficient (Wildman–Crippen LogP) is 0.641. The molecule has 1 aliphatic rings. The van der Waals surface area contributed by atoms with Crippen molar-refractivity contribution >= 4 is 17.1 Å². The van der Waals surface area contributed by atoms with Crippen molar-refractivity contribution in [1.82, 2.24) is 14.9 Å². The van der Waals surface area contributed by atoms with Crippen LogP contribution >= 0.6 is 0 Å². The number of pyridine rings is 1. The van der Waals surface area contributed by atoms with E-state index in [2.05, 4.69) is 10.3 Å². The van der Waals surface area contributed by atoms with Gasteiger partial charge in [0.1, 0.15) is 11.8 Å². The number of β-amino-alcohol motifs (C(OH)–C–C–N with tert-alkyl or cyclic N) is 1. The second-order valence-electron chi connectivity index (χ2n) is 3.52. The highest BCUT2D eigenvalue weighted by Crippen LogP contribution is 2.24. The lowest BCUT2D eigenvalue weighted by molar-refractivity contribution is 0.154. The summed E-state index contributed by atoms with van der Waals surface area (Å²) in [6.45, 7) is 0.259. The van der Waals surface area contributed by atoms with Crippen molar-refractivity contribution in [3.8, 4) is 0 Å². The minimum absolute atomic E-state index is 0.232. The van der Waals surface area contributed by atoms with Gasteiger partial charge in [-0.2, -0.15) is 0 Å². The summed E-state index contributed by atoms with van der Waals surface area (Å²) in [4.78, 5) is 15.7. The molecule has 1 unspecified atom stereocenters. The molecule has 3 heterocycles. The van der Waals surface area contributed by atoms with Gasteiger partial charge in [-0.05, 0) is 18.2 Å². The number of fused-ring (bicyclic) bond motifs is 3. The molecule has 0 bridgehead atoms. The Morgan fingerprint density at radius 2 is 2.47 bits per heavy atom. The smallest absolute Gasteiger partial charge is 0.327 e. The van der Waals surface area contributed by atoms with Crippen LogP contribution in [0.1, 0.15) is 11.8 Å². The number of amides is 1. The number of aliphatic hydroxyl groups is 1. The van der Waals surface area contributed by atoms with E-state index in [0.29, 0.717) is 11.3 Å². The minimum atomic E-state index is -0.656. The van der Waals surface area contributed by atoms with Crippen molar-refractivity contribution in [2.75, 3.05) is 6.54 Å². The summed E-state index contributed by atoms with van der Waals surface area (Å²) < 4.78 is 1.42. The molecule has 3 rings (SSSR count). The standard InChI is InChI=1S/C10H9N3O2/c14-8-5-12-10(15)13-7(8)4-6-2-1-3-11-9(6)13/h1-4,8,14H,5H2,(H,12,15). The minimum Gasteiger partial charge on any atom is -0.385 e. The maximum atomic E-state index is 11.6. The molecule has 1 amide bonds. The molecule has 2 N–H and O–H groups in total. The Balaban J connectivity index is 2.39. The lowest BCUT2D eigenvalue weighted by Gasteiger charge is -2.20. The number of rotatable bonds is 0. The van der Waals surface area contributed by atoms with Crippen LogP contribution in [-0.4, -0.2) is 27.2 Å². The van der Waals surface area contributed by atoms with E-state index in [1.165, 1.54) is 4.57 Å². The molecule has 0 aliphatic carbocycles. The summed E-state index contributed by atoms with van der Waals surface area (Å²) in [6.07, 6.45) is 0.973. The third-order valence-corrected chi connectivity index (χ3v) is 2.58. The molecule has 0 saturated carbocycles. The summed E-state index contributed by atoms with van der Waals surface area (Å²) >= 11 is 0. The van der Waals surface area contributed by atoms with Crippen LogP contribution in [0.5, 0.6) is 0 Å². The molecule has 76 valence electrons. The van der Waals surface area contributed by atoms with Crippen LogP contribution in [0, 0.1) is 0 Å². The summed E-state index contributed by atoms with van der Waals surface area (Å²) in [6, 6.07) is 5.24. The lowest BCUT2D eigenvalue weighted by atomic mass is 10.2. The monoisotopic (exact) mass is 203 g/mol. The Morgan fingerprint density at radius 1 is 1.60 bits per heavy atom. The van der Waals surface area contributed by atoms with Crippen LogP contribution in [0.2, 0.25) is 0 Å². The molecule has 5 heteroatoms. The summed E-state index contributed by atoms with van der Waals surface area (Å²) in [5.74, 6) is 0. The Hall–Kier alpha value is -1.88. The molecular formula is C10H9N3O2. The van der Waals surface area contributed by atoms with Crippen LogP contribution in [0.4, 0.5) is 4.79 Å². The number of nitrogens with zero attached hydrogens (tertiary/aromatic N) is 2. The first kappa shape index (κ1) is 8.43. The highest BCUT2D eigenvalue weighted by Gasteiger charge is 2.25. The van der Waals surface area contributed by atoms with E-state index in [0.717, 1.165) is 5.39 Å². The highest BCUT2D eigenvalue weighted by molar-refractivity contribution is 5.91. The van der Waals surface area contributed by atoms with Crippen molar-refractivity contribution in [1.29, 1.82) is 0 Å². The fraction of sp³-hybridized carbons (Fsp3) is 0.200. The fourth-order valence-corrected chi connectivity index (χ4v) is 1.88. The van der Waals surface area contributed by atoms with Crippen LogP contribution in [-0.2, 0) is 0 Å². The number of nitrogens with one attached hydrogen (secondary N) is 1. The molecule has 5 nitrogen and oxygen atoms in total. The molecule has 0 spiro atoms. The van der Waals surface area contributed by atoms with Gasteiger partial charge in [0.05, 0.1) is 12.2 Å². The topological polar surface area (TPSA) is 67.2 Å². The van der Waals surface area contributed by atoms with Crippen molar-refractivity contribution in [3.05, 3.63) is 30.1 Å². The quantitative estimate of drug-likeness (QED) is 0.660. The second-order valence-corrected chi connectivity index (χ2v) is 3.52. The van der Waals surface area contributed by atoms with E-state index in [9.17, 15) is 9.90 Å². The normalized spacial score (nSPS) is 20.1. The van der Waals surface area contributed by atoms with E-state index in [4.69, 9.17) is 0 Å². The molecule has 2 aromatic heterocycles. The average molecular weight is 203 g/mol. The number of aliphatic hydroxyl groups excluding tert-OH is 1. The highest BCUT2D eigenvalue weighted by atomic mass is 16.3. The van der Waals surface area contributed by atoms with Gasteiger partial charge in [-0.1, -0.05) is 0 Å². The summed E-state index contributed by atoms with van der Waals surface area (Å²) in [7, 11) is 0. The average Bonchev–Trinajstić information content (AvgIpc) is 2.64. The summed E-state index contributed by atoms with van der Waals surface area (Å²) in [5.41, 5.74) is 1.19. The predicted molar refractivity (Wildman–Crippen MR) is 53.5 cm³/mol. The lowest BCUT2D eigenvalue weighted by Crippen LogP contribution is -2.39. The fourth-order valence-electron chi connectivity index (χ4n) is 1.88. The van der Waals surface area contributed by atoms with Gasteiger partial charge in [-0.3, -0.25) is 0 Å². The van der Waals surface area contributed by atoms with Crippen LogP contribution in [0.25, 0.3) is 11.0 Å². The molecule has 0 aromatic carbocycles. The molecular weight excluding hydrogens is 194 g/mol. The Morgan fingerprint density at radius 3 is 3.33 bits per heavy atom. The van der Waals surface area contributed by atoms with Gasteiger partial charge in [0, 0.05) is 11.6 Å². The van der Waals surface area contributed by atoms with Gasteiger partial charge in [0.2, 0.25) is 0 Å². The summed E-state index contributed by atoms with van der Waals surface area (Å²) in [5, 5.41) is 13.2. The first-order valence-corrected chi connectivity index (χ1v) is 4.70. The Labute approximate surface area is 85.3 Å². The largest absolute Gasteiger partial charge is 0.385 e. The molecule has 0 fully saturated rings.